The lowest BCUT2D eigenvalue weighted by molar-refractivity contribution is 0.0697. The zero-order valence-corrected chi connectivity index (χ0v) is 11.6. The summed E-state index contributed by atoms with van der Waals surface area (Å²) in [7, 11) is 1.95. The summed E-state index contributed by atoms with van der Waals surface area (Å²) in [5, 5.41) is 11.1. The maximum Gasteiger partial charge on any atom is 0.335 e. The Balaban J connectivity index is 1.99. The van der Waals surface area contributed by atoms with Gasteiger partial charge in [0.1, 0.15) is 5.00 Å². The summed E-state index contributed by atoms with van der Waals surface area (Å²) in [6.07, 6.45) is 0. The van der Waals surface area contributed by atoms with E-state index in [1.54, 1.807) is 24.3 Å². The highest BCUT2D eigenvalue weighted by molar-refractivity contribution is 7.12. The first kappa shape index (κ1) is 12.6. The first-order chi connectivity index (χ1) is 9.66. The number of aromatic nitrogens is 1. The Kier molecular flexibility index (Phi) is 3.12. The van der Waals surface area contributed by atoms with Gasteiger partial charge in [0.25, 0.3) is 0 Å². The Hall–Kier alpha value is -2.40. The molecule has 2 aromatic carbocycles. The number of rotatable bonds is 3. The van der Waals surface area contributed by atoms with Gasteiger partial charge in [0, 0.05) is 18.1 Å². The fraction of sp³-hybridized carbons (Fsp3) is 0.0667. The number of fused-ring (bicyclic) bond motifs is 1. The molecule has 3 rings (SSSR count). The minimum absolute atomic E-state index is 0.288. The molecule has 5 heteroatoms. The Labute approximate surface area is 120 Å². The van der Waals surface area contributed by atoms with Crippen LogP contribution in [0.25, 0.3) is 10.9 Å². The number of benzene rings is 2. The van der Waals surface area contributed by atoms with Crippen LogP contribution in [0, 0.1) is 0 Å². The smallest absolute Gasteiger partial charge is 0.335 e. The third-order valence-corrected chi connectivity index (χ3v) is 4.13. The number of carbonyl (C=O) groups is 1. The standard InChI is InChI=1S/C15H12N2O2S/c1-17(11-8-6-10(7-9-11)15(18)19)14-12-4-2-3-5-13(12)16-20-14/h2-9H,1H3,(H,18,19). The zero-order valence-electron chi connectivity index (χ0n) is 10.8. The van der Waals surface area contributed by atoms with Crippen LogP contribution in [0.15, 0.2) is 48.5 Å². The van der Waals surface area contributed by atoms with Crippen molar-refractivity contribution in [1.29, 1.82) is 0 Å². The molecule has 0 radical (unpaired) electrons. The largest absolute Gasteiger partial charge is 0.478 e. The van der Waals surface area contributed by atoms with Gasteiger partial charge in [-0.2, -0.15) is 4.37 Å². The molecule has 0 aliphatic carbocycles. The van der Waals surface area contributed by atoms with E-state index < -0.39 is 5.97 Å². The van der Waals surface area contributed by atoms with Crippen LogP contribution in [0.3, 0.4) is 0 Å². The van der Waals surface area contributed by atoms with E-state index in [9.17, 15) is 4.79 Å². The molecule has 0 spiro atoms. The highest BCUT2D eigenvalue weighted by Gasteiger charge is 2.12. The van der Waals surface area contributed by atoms with Crippen LogP contribution in [0.5, 0.6) is 0 Å². The Morgan fingerprint density at radius 3 is 2.55 bits per heavy atom. The molecule has 1 heterocycles. The Bertz CT molecular complexity index is 765. The molecule has 1 N–H and O–H groups in total. The number of carboxylic acid groups (broad SMARTS) is 1. The third-order valence-electron chi connectivity index (χ3n) is 3.17. The van der Waals surface area contributed by atoms with Crippen molar-refractivity contribution in [1.82, 2.24) is 4.37 Å². The summed E-state index contributed by atoms with van der Waals surface area (Å²) >= 11 is 1.44. The van der Waals surface area contributed by atoms with E-state index >= 15 is 0 Å². The first-order valence-electron chi connectivity index (χ1n) is 6.08. The molecule has 20 heavy (non-hydrogen) atoms. The molecule has 0 aliphatic rings. The zero-order chi connectivity index (χ0) is 14.1. The molecule has 0 saturated heterocycles. The molecule has 0 amide bonds. The molecule has 0 aliphatic heterocycles. The van der Waals surface area contributed by atoms with Gasteiger partial charge in [0.15, 0.2) is 0 Å². The lowest BCUT2D eigenvalue weighted by Gasteiger charge is -2.17. The van der Waals surface area contributed by atoms with Crippen molar-refractivity contribution in [2.24, 2.45) is 0 Å². The van der Waals surface area contributed by atoms with Crippen molar-refractivity contribution < 1.29 is 9.90 Å². The number of carboxylic acids is 1. The highest BCUT2D eigenvalue weighted by Crippen LogP contribution is 2.34. The van der Waals surface area contributed by atoms with Crippen molar-refractivity contribution in [2.45, 2.75) is 0 Å². The molecular formula is C15H12N2O2S. The van der Waals surface area contributed by atoms with E-state index in [4.69, 9.17) is 5.11 Å². The summed E-state index contributed by atoms with van der Waals surface area (Å²) in [6.45, 7) is 0. The van der Waals surface area contributed by atoms with Gasteiger partial charge in [-0.15, -0.1) is 0 Å². The number of aromatic carboxylic acids is 1. The molecule has 3 aromatic rings. The lowest BCUT2D eigenvalue weighted by Crippen LogP contribution is -2.08. The van der Waals surface area contributed by atoms with Crippen molar-refractivity contribution in [3.8, 4) is 0 Å². The minimum Gasteiger partial charge on any atom is -0.478 e. The summed E-state index contributed by atoms with van der Waals surface area (Å²) in [5.41, 5.74) is 2.20. The molecule has 0 saturated carbocycles. The fourth-order valence-electron chi connectivity index (χ4n) is 2.06. The Morgan fingerprint density at radius 2 is 1.85 bits per heavy atom. The van der Waals surface area contributed by atoms with Crippen molar-refractivity contribution in [3.63, 3.8) is 0 Å². The van der Waals surface area contributed by atoms with Gasteiger partial charge in [-0.3, -0.25) is 0 Å². The number of anilines is 2. The predicted molar refractivity (Wildman–Crippen MR) is 81.1 cm³/mol. The number of hydrogen-bond donors (Lipinski definition) is 1. The van der Waals surface area contributed by atoms with Crippen LogP contribution in [-0.2, 0) is 0 Å². The van der Waals surface area contributed by atoms with E-state index in [1.165, 1.54) is 11.5 Å². The summed E-state index contributed by atoms with van der Waals surface area (Å²) in [6, 6.07) is 14.8. The second-order valence-electron chi connectivity index (χ2n) is 4.42. The first-order valence-corrected chi connectivity index (χ1v) is 6.85. The van der Waals surface area contributed by atoms with E-state index in [1.807, 2.05) is 36.2 Å². The van der Waals surface area contributed by atoms with Gasteiger partial charge >= 0.3 is 5.97 Å². The van der Waals surface area contributed by atoms with Gasteiger partial charge in [0.05, 0.1) is 11.1 Å². The summed E-state index contributed by atoms with van der Waals surface area (Å²) in [4.78, 5) is 12.9. The predicted octanol–water partition coefficient (Wildman–Crippen LogP) is 3.76. The van der Waals surface area contributed by atoms with Crippen molar-refractivity contribution in [2.75, 3.05) is 11.9 Å². The average molecular weight is 284 g/mol. The summed E-state index contributed by atoms with van der Waals surface area (Å²) < 4.78 is 4.42. The van der Waals surface area contributed by atoms with Crippen LogP contribution in [0.1, 0.15) is 10.4 Å². The van der Waals surface area contributed by atoms with Gasteiger partial charge < -0.3 is 10.0 Å². The molecule has 0 atom stereocenters. The SMILES string of the molecule is CN(c1ccc(C(=O)O)cc1)c1snc2ccccc12. The number of hydrogen-bond acceptors (Lipinski definition) is 4. The average Bonchev–Trinajstić information content (AvgIpc) is 2.90. The quantitative estimate of drug-likeness (QED) is 0.795. The molecular weight excluding hydrogens is 272 g/mol. The van der Waals surface area contributed by atoms with E-state index in [0.29, 0.717) is 0 Å². The van der Waals surface area contributed by atoms with E-state index in [-0.39, 0.29) is 5.56 Å². The molecule has 1 aromatic heterocycles. The third kappa shape index (κ3) is 2.12. The fourth-order valence-corrected chi connectivity index (χ4v) is 2.91. The van der Waals surface area contributed by atoms with Gasteiger partial charge in [-0.1, -0.05) is 12.1 Å². The van der Waals surface area contributed by atoms with Gasteiger partial charge in [-0.05, 0) is 47.9 Å². The van der Waals surface area contributed by atoms with E-state index in [2.05, 4.69) is 4.37 Å². The van der Waals surface area contributed by atoms with Gasteiger partial charge in [-0.25, -0.2) is 4.79 Å². The molecule has 0 fully saturated rings. The second kappa shape index (κ2) is 4.94. The van der Waals surface area contributed by atoms with Crippen LogP contribution < -0.4 is 4.90 Å². The summed E-state index contributed by atoms with van der Waals surface area (Å²) in [5.74, 6) is -0.914. The highest BCUT2D eigenvalue weighted by atomic mass is 32.1. The number of nitrogens with zero attached hydrogens (tertiary/aromatic N) is 2. The normalized spacial score (nSPS) is 10.7. The van der Waals surface area contributed by atoms with Crippen LogP contribution in [0.4, 0.5) is 10.7 Å². The van der Waals surface area contributed by atoms with Crippen LogP contribution >= 0.6 is 11.5 Å². The monoisotopic (exact) mass is 284 g/mol. The van der Waals surface area contributed by atoms with Crippen LogP contribution in [-0.4, -0.2) is 22.5 Å². The van der Waals surface area contributed by atoms with Crippen molar-refractivity contribution in [3.05, 3.63) is 54.1 Å². The topological polar surface area (TPSA) is 53.4 Å². The van der Waals surface area contributed by atoms with Crippen LogP contribution in [0.2, 0.25) is 0 Å². The van der Waals surface area contributed by atoms with E-state index in [0.717, 1.165) is 21.6 Å². The lowest BCUT2D eigenvalue weighted by atomic mass is 10.2. The van der Waals surface area contributed by atoms with Crippen molar-refractivity contribution >= 4 is 39.1 Å². The molecule has 100 valence electrons. The molecule has 4 nitrogen and oxygen atoms in total. The molecule has 0 unspecified atom stereocenters. The minimum atomic E-state index is -0.914. The second-order valence-corrected chi connectivity index (χ2v) is 5.17. The maximum absolute atomic E-state index is 10.9. The molecule has 0 bridgehead atoms. The Morgan fingerprint density at radius 1 is 1.15 bits per heavy atom. The maximum atomic E-state index is 10.9. The van der Waals surface area contributed by atoms with Gasteiger partial charge in [0.2, 0.25) is 0 Å².